The van der Waals surface area contributed by atoms with E-state index in [2.05, 4.69) is 124 Å². The molecule has 3 aliphatic rings. The Morgan fingerprint density at radius 3 is 1.36 bits per heavy atom. The van der Waals surface area contributed by atoms with Crippen LogP contribution in [0, 0.1) is 0 Å². The number of benzene rings is 4. The van der Waals surface area contributed by atoms with Gasteiger partial charge in [-0.2, -0.15) is 0 Å². The van der Waals surface area contributed by atoms with Gasteiger partial charge in [0.05, 0.1) is 0 Å². The molecule has 2 heteroatoms. The van der Waals surface area contributed by atoms with Gasteiger partial charge in [0.25, 0.3) is 0 Å². The molecule has 0 spiro atoms. The summed E-state index contributed by atoms with van der Waals surface area (Å²) in [5.41, 5.74) is 15.5. The van der Waals surface area contributed by atoms with E-state index in [1.165, 1.54) is 22.3 Å². The average molecular weight is 558 g/mol. The van der Waals surface area contributed by atoms with Crippen molar-refractivity contribution in [2.24, 2.45) is 0 Å². The van der Waals surface area contributed by atoms with Gasteiger partial charge in [0.1, 0.15) is 0 Å². The molecule has 0 fully saturated rings. The van der Waals surface area contributed by atoms with Crippen molar-refractivity contribution in [2.75, 3.05) is 0 Å². The van der Waals surface area contributed by atoms with E-state index in [-0.39, 0.29) is 0 Å². The molecule has 2 aliphatic carbocycles. The van der Waals surface area contributed by atoms with Gasteiger partial charge >= 0.3 is 229 Å². The van der Waals surface area contributed by atoms with Gasteiger partial charge in [-0.25, -0.2) is 0 Å². The predicted octanol–water partition coefficient (Wildman–Crippen LogP) is 9.26. The number of allylic oxidation sites excluding steroid dienone is 2. The molecule has 0 N–H and O–H groups in total. The van der Waals surface area contributed by atoms with E-state index < -0.39 is 31.3 Å². The molecule has 1 heterocycles. The van der Waals surface area contributed by atoms with Gasteiger partial charge in [-0.3, -0.25) is 0 Å². The Morgan fingerprint density at radius 2 is 0.944 bits per heavy atom. The molecule has 1 aliphatic heterocycles. The van der Waals surface area contributed by atoms with Crippen molar-refractivity contribution in [3.05, 3.63) is 130 Å². The molecule has 2 atom stereocenters. The summed E-state index contributed by atoms with van der Waals surface area (Å²) in [7, 11) is -2.02. The maximum absolute atomic E-state index is 2.64. The second kappa shape index (κ2) is 8.23. The quantitative estimate of drug-likeness (QED) is 0.215. The second-order valence-electron chi connectivity index (χ2n) is 11.0. The summed E-state index contributed by atoms with van der Waals surface area (Å²) in [6.07, 6.45) is 0. The number of hydrogen-bond acceptors (Lipinski definition) is 0. The Morgan fingerprint density at radius 1 is 0.528 bits per heavy atom. The minimum absolute atomic E-state index is 0.668. The van der Waals surface area contributed by atoms with Gasteiger partial charge in [-0.15, -0.1) is 0 Å². The first-order valence-corrected chi connectivity index (χ1v) is 18.9. The molecule has 4 aromatic rings. The standard InChI is InChI=1S/C34H30Si.Zr/c1-23-21-27-17-11-19-29(25-13-7-5-8-14-25)31(27)33(23)35(3,4)34-24(2)22-28-18-12-20-30(32(28)34)26-15-9-6-10-16-26;/h5-22H,1-4H3;. The van der Waals surface area contributed by atoms with Crippen molar-refractivity contribution in [1.82, 2.24) is 0 Å². The zero-order valence-electron chi connectivity index (χ0n) is 21.4. The van der Waals surface area contributed by atoms with Crippen molar-refractivity contribution >= 4 is 18.5 Å². The molecule has 0 amide bonds. The molecular weight excluding hydrogens is 528 g/mol. The Balaban J connectivity index is 1.51. The molecule has 174 valence electrons. The van der Waals surface area contributed by atoms with Crippen LogP contribution in [0.5, 0.6) is 0 Å². The van der Waals surface area contributed by atoms with Gasteiger partial charge < -0.3 is 0 Å². The van der Waals surface area contributed by atoms with Crippen LogP contribution >= 0.6 is 0 Å². The average Bonchev–Trinajstić information content (AvgIpc) is 3.37. The Labute approximate surface area is 227 Å². The molecule has 7 rings (SSSR count). The van der Waals surface area contributed by atoms with Crippen LogP contribution in [-0.4, -0.2) is 8.07 Å². The zero-order valence-corrected chi connectivity index (χ0v) is 24.9. The SMILES string of the molecule is CC1=C2c3c(-c4ccccc4)cccc3[CH]1[Zr][CH]1C(C)=C(c3c(-c4ccccc4)cccc31)[Si]2(C)C. The van der Waals surface area contributed by atoms with Crippen molar-refractivity contribution < 1.29 is 23.2 Å². The third kappa shape index (κ3) is 3.07. The van der Waals surface area contributed by atoms with Crippen LogP contribution in [-0.2, 0) is 23.2 Å². The summed E-state index contributed by atoms with van der Waals surface area (Å²) in [6, 6.07) is 36.5. The molecule has 4 bridgehead atoms. The van der Waals surface area contributed by atoms with Crippen LogP contribution in [0.2, 0.25) is 13.1 Å². The van der Waals surface area contributed by atoms with E-state index in [0.29, 0.717) is 7.25 Å². The first-order valence-electron chi connectivity index (χ1n) is 13.0. The van der Waals surface area contributed by atoms with Crippen LogP contribution in [0.1, 0.15) is 43.4 Å². The van der Waals surface area contributed by atoms with Crippen LogP contribution in [0.25, 0.3) is 32.6 Å². The summed E-state index contributed by atoms with van der Waals surface area (Å²) < 4.78 is 1.34. The van der Waals surface area contributed by atoms with Crippen molar-refractivity contribution in [1.29, 1.82) is 0 Å². The van der Waals surface area contributed by atoms with Gasteiger partial charge in [0.15, 0.2) is 0 Å². The van der Waals surface area contributed by atoms with Crippen LogP contribution in [0.15, 0.2) is 108 Å². The van der Waals surface area contributed by atoms with E-state index in [4.69, 9.17) is 0 Å². The first kappa shape index (κ1) is 22.6. The first-order chi connectivity index (χ1) is 17.5. The fraction of sp³-hybridized carbons (Fsp3) is 0.176. The van der Waals surface area contributed by atoms with E-state index in [0.717, 1.165) is 0 Å². The molecular formula is C34H30SiZr. The van der Waals surface area contributed by atoms with Crippen LogP contribution in [0.4, 0.5) is 0 Å². The third-order valence-electron chi connectivity index (χ3n) is 8.72. The zero-order chi connectivity index (χ0) is 24.6. The Hall–Kier alpha value is -2.54. The predicted molar refractivity (Wildman–Crippen MR) is 152 cm³/mol. The third-order valence-corrected chi connectivity index (χ3v) is 17.8. The molecule has 4 aromatic carbocycles. The topological polar surface area (TPSA) is 0 Å². The van der Waals surface area contributed by atoms with Gasteiger partial charge in [0.2, 0.25) is 0 Å². The summed E-state index contributed by atoms with van der Waals surface area (Å²) >= 11 is -0.854. The second-order valence-corrected chi connectivity index (χ2v) is 19.0. The van der Waals surface area contributed by atoms with E-state index >= 15 is 0 Å². The van der Waals surface area contributed by atoms with Crippen LogP contribution < -0.4 is 0 Å². The van der Waals surface area contributed by atoms with Crippen LogP contribution in [0.3, 0.4) is 0 Å². The Kier molecular flexibility index (Phi) is 5.18. The number of fused-ring (bicyclic) bond motifs is 8. The van der Waals surface area contributed by atoms with E-state index in [9.17, 15) is 0 Å². The molecule has 2 unspecified atom stereocenters. The Bertz CT molecular complexity index is 1470. The number of rotatable bonds is 2. The maximum atomic E-state index is 2.64. The fourth-order valence-corrected chi connectivity index (χ4v) is 17.2. The monoisotopic (exact) mass is 556 g/mol. The molecule has 0 saturated heterocycles. The molecule has 0 nitrogen and oxygen atoms in total. The summed E-state index contributed by atoms with van der Waals surface area (Å²) in [5.74, 6) is 0. The fourth-order valence-electron chi connectivity index (χ4n) is 7.38. The van der Waals surface area contributed by atoms with Gasteiger partial charge in [-0.1, -0.05) is 0 Å². The van der Waals surface area contributed by atoms with Crippen molar-refractivity contribution in [2.45, 2.75) is 34.2 Å². The van der Waals surface area contributed by atoms with E-state index in [1.807, 2.05) is 0 Å². The van der Waals surface area contributed by atoms with Crippen molar-refractivity contribution in [3.63, 3.8) is 0 Å². The van der Waals surface area contributed by atoms with Gasteiger partial charge in [-0.05, 0) is 0 Å². The summed E-state index contributed by atoms with van der Waals surface area (Å²) in [6.45, 7) is 10.3. The molecule has 36 heavy (non-hydrogen) atoms. The summed E-state index contributed by atoms with van der Waals surface area (Å²) in [4.78, 5) is 0. The normalized spacial score (nSPS) is 21.0. The molecule has 0 aromatic heterocycles. The summed E-state index contributed by atoms with van der Waals surface area (Å²) in [5, 5.41) is 3.46. The van der Waals surface area contributed by atoms with E-state index in [1.54, 1.807) is 43.8 Å². The molecule has 0 radical (unpaired) electrons. The molecule has 0 saturated carbocycles. The number of hydrogen-bond donors (Lipinski definition) is 0. The van der Waals surface area contributed by atoms with Crippen molar-refractivity contribution in [3.8, 4) is 22.3 Å². The minimum atomic E-state index is -2.02. The van der Waals surface area contributed by atoms with Gasteiger partial charge in [0, 0.05) is 0 Å².